The second-order valence-corrected chi connectivity index (χ2v) is 36.4. The molecule has 12 rings (SSSR count). The van der Waals surface area contributed by atoms with E-state index in [1.165, 1.54) is 217 Å². The molecule has 4 nitrogen and oxygen atoms in total. The number of unbranched alkanes of at least 4 members (excludes halogenated alkanes) is 1. The third-order valence-corrected chi connectivity index (χ3v) is 28.6. The number of carbonyl (C=O) groups excluding carboxylic acids is 2. The molecule has 0 amide bonds. The predicted molar refractivity (Wildman–Crippen MR) is 456 cm³/mol. The summed E-state index contributed by atoms with van der Waals surface area (Å²) in [5, 5.41) is 0. The van der Waals surface area contributed by atoms with E-state index in [2.05, 4.69) is 117 Å². The van der Waals surface area contributed by atoms with Gasteiger partial charge in [0.2, 0.25) is 0 Å². The van der Waals surface area contributed by atoms with Crippen molar-refractivity contribution in [1.29, 1.82) is 0 Å². The van der Waals surface area contributed by atoms with Crippen LogP contribution in [-0.4, -0.2) is 11.9 Å². The molecule has 0 unspecified atom stereocenters. The molecule has 0 aliphatic heterocycles. The van der Waals surface area contributed by atoms with Crippen molar-refractivity contribution in [3.8, 4) is 22.6 Å². The summed E-state index contributed by atoms with van der Waals surface area (Å²) >= 11 is 0. The monoisotopic (exact) mass is 1450 g/mol. The van der Waals surface area contributed by atoms with Gasteiger partial charge in [0.15, 0.2) is 0 Å². The molecule has 4 aromatic rings. The van der Waals surface area contributed by atoms with E-state index in [1.807, 2.05) is 24.3 Å². The molecule has 0 radical (unpaired) electrons. The molecule has 8 aliphatic carbocycles. The molecule has 0 saturated heterocycles. The molecule has 0 aromatic heterocycles. The Morgan fingerprint density at radius 3 is 0.830 bits per heavy atom. The third-order valence-electron chi connectivity index (χ3n) is 28.6. The molecule has 0 N–H and O–H groups in total. The Morgan fingerprint density at radius 2 is 0.575 bits per heavy atom. The molecule has 8 fully saturated rings. The van der Waals surface area contributed by atoms with Gasteiger partial charge < -0.3 is 9.47 Å². The molecule has 0 spiro atoms. The lowest BCUT2D eigenvalue weighted by atomic mass is 9.68. The van der Waals surface area contributed by atoms with Crippen molar-refractivity contribution in [3.63, 3.8) is 0 Å². The van der Waals surface area contributed by atoms with Gasteiger partial charge in [-0.3, -0.25) is 0 Å². The highest BCUT2D eigenvalue weighted by Crippen LogP contribution is 2.49. The summed E-state index contributed by atoms with van der Waals surface area (Å²) in [6, 6.07) is 33.1. The summed E-state index contributed by atoms with van der Waals surface area (Å²) < 4.78 is 10.3. The highest BCUT2D eigenvalue weighted by molar-refractivity contribution is 5.89. The molecule has 8 aliphatic rings. The average Bonchev–Trinajstić information content (AvgIpc) is 0.847. The van der Waals surface area contributed by atoms with Gasteiger partial charge in [0.05, 0.1) is 0 Å². The van der Waals surface area contributed by atoms with E-state index in [4.69, 9.17) is 9.47 Å². The lowest BCUT2D eigenvalue weighted by molar-refractivity contribution is -0.130. The highest BCUT2D eigenvalue weighted by Gasteiger charge is 2.35. The van der Waals surface area contributed by atoms with Crippen molar-refractivity contribution >= 4 is 11.9 Å². The maximum Gasteiger partial charge on any atom is 0.338 e. The normalized spacial score (nSPS) is 28.9. The Morgan fingerprint density at radius 1 is 0.311 bits per heavy atom. The van der Waals surface area contributed by atoms with Gasteiger partial charge in [-0.2, -0.15) is 0 Å². The molecule has 590 valence electrons. The molecule has 0 bridgehead atoms. The van der Waals surface area contributed by atoms with Gasteiger partial charge in [-0.25, -0.2) is 9.59 Å². The molecular weight excluding hydrogens is 1290 g/mol. The predicted octanol–water partition coefficient (Wildman–Crippen LogP) is 31.1. The van der Waals surface area contributed by atoms with Crippen LogP contribution in [0.15, 0.2) is 121 Å². The van der Waals surface area contributed by atoms with Gasteiger partial charge >= 0.3 is 11.9 Å². The van der Waals surface area contributed by atoms with Crippen LogP contribution < -0.4 is 9.47 Å². The first kappa shape index (κ1) is 86.9. The third kappa shape index (κ3) is 29.5. The van der Waals surface area contributed by atoms with Gasteiger partial charge in [0.1, 0.15) is 11.5 Å². The van der Waals surface area contributed by atoms with Crippen molar-refractivity contribution in [2.24, 2.45) is 82.9 Å². The first-order valence-electron chi connectivity index (χ1n) is 45.7. The maximum atomic E-state index is 11.5. The quantitative estimate of drug-likeness (QED) is 0.0377. The fraction of sp³-hybridized carbons (Fsp3) is 0.706. The largest absolute Gasteiger partial charge is 0.423 e. The SMILES string of the molecule is C=C(C)C(=O)Oc1ccc(-c2ccc(OC(=O)C(=C)C)cc2)cc1.CCCC1CCC(C2CCC(CC)CC2)CC1.CCCC1CCC(C2CCC(c3ccc(C)cc3)CC2)CC1.CCCCC1CCC(C2CCC(CCC)CC2)CC1.CCCc1ccc(C2CCC(C3CCC(CCC)CC3)CC2)cc1. The van der Waals surface area contributed by atoms with Crippen molar-refractivity contribution in [1.82, 2.24) is 0 Å². The smallest absolute Gasteiger partial charge is 0.338 e. The summed E-state index contributed by atoms with van der Waals surface area (Å²) in [6.07, 6.45) is 68.6. The van der Waals surface area contributed by atoms with Crippen LogP contribution in [0.5, 0.6) is 11.5 Å². The minimum Gasteiger partial charge on any atom is -0.423 e. The van der Waals surface area contributed by atoms with Crippen LogP contribution in [-0.2, 0) is 16.0 Å². The second kappa shape index (κ2) is 48.2. The number of benzene rings is 4. The van der Waals surface area contributed by atoms with Gasteiger partial charge in [-0.05, 0) is 302 Å². The number of ether oxygens (including phenoxy) is 2. The van der Waals surface area contributed by atoms with E-state index in [-0.39, 0.29) is 0 Å². The van der Waals surface area contributed by atoms with E-state index < -0.39 is 11.9 Å². The topological polar surface area (TPSA) is 52.6 Å². The van der Waals surface area contributed by atoms with Crippen LogP contribution in [0.3, 0.4) is 0 Å². The molecule has 106 heavy (non-hydrogen) atoms. The first-order valence-corrected chi connectivity index (χ1v) is 45.7. The van der Waals surface area contributed by atoms with Crippen molar-refractivity contribution in [3.05, 3.63) is 144 Å². The van der Waals surface area contributed by atoms with E-state index in [9.17, 15) is 9.59 Å². The zero-order chi connectivity index (χ0) is 75.4. The minimum atomic E-state index is -0.452. The summed E-state index contributed by atoms with van der Waals surface area (Å²) in [7, 11) is 0. The number of esters is 2. The number of carbonyl (C=O) groups is 2. The van der Waals surface area contributed by atoms with Gasteiger partial charge in [0, 0.05) is 11.1 Å². The van der Waals surface area contributed by atoms with Crippen molar-refractivity contribution in [2.75, 3.05) is 0 Å². The van der Waals surface area contributed by atoms with E-state index in [0.717, 1.165) is 106 Å². The maximum absolute atomic E-state index is 11.5. The zero-order valence-corrected chi connectivity index (χ0v) is 70.0. The summed E-state index contributed by atoms with van der Waals surface area (Å²) in [5.41, 5.74) is 8.69. The van der Waals surface area contributed by atoms with Crippen LogP contribution in [0.2, 0.25) is 0 Å². The fourth-order valence-electron chi connectivity index (χ4n) is 21.7. The van der Waals surface area contributed by atoms with E-state index in [0.29, 0.717) is 22.6 Å². The van der Waals surface area contributed by atoms with Crippen molar-refractivity contribution < 1.29 is 19.1 Å². The Bertz CT molecular complexity index is 2930. The molecule has 0 atom stereocenters. The Kier molecular flexibility index (Phi) is 39.5. The van der Waals surface area contributed by atoms with E-state index in [1.54, 1.807) is 139 Å². The van der Waals surface area contributed by atoms with Gasteiger partial charge in [-0.1, -0.05) is 301 Å². The lowest BCUT2D eigenvalue weighted by Crippen LogP contribution is -2.25. The molecule has 8 saturated carbocycles. The highest BCUT2D eigenvalue weighted by atomic mass is 16.5. The van der Waals surface area contributed by atoms with Crippen LogP contribution in [0, 0.1) is 89.8 Å². The zero-order valence-electron chi connectivity index (χ0n) is 70.0. The fourth-order valence-corrected chi connectivity index (χ4v) is 21.7. The Balaban J connectivity index is 0.000000168. The van der Waals surface area contributed by atoms with Crippen LogP contribution >= 0.6 is 0 Å². The summed E-state index contributed by atoms with van der Waals surface area (Å²) in [4.78, 5) is 22.9. The molecule has 4 heteroatoms. The van der Waals surface area contributed by atoms with Crippen LogP contribution in [0.25, 0.3) is 11.1 Å². The number of hydrogen-bond acceptors (Lipinski definition) is 4. The molecule has 4 aromatic carbocycles. The average molecular weight is 1450 g/mol. The molecule has 0 heterocycles. The number of rotatable bonds is 25. The van der Waals surface area contributed by atoms with E-state index >= 15 is 0 Å². The van der Waals surface area contributed by atoms with Gasteiger partial charge in [-0.15, -0.1) is 0 Å². The lowest BCUT2D eigenvalue weighted by Gasteiger charge is -2.38. The van der Waals surface area contributed by atoms with Crippen LogP contribution in [0.4, 0.5) is 0 Å². The summed E-state index contributed by atoms with van der Waals surface area (Å²) in [5.74, 6) is 16.8. The van der Waals surface area contributed by atoms with Crippen LogP contribution in [0.1, 0.15) is 385 Å². The minimum absolute atomic E-state index is 0.346. The van der Waals surface area contributed by atoms with Crippen molar-refractivity contribution in [2.45, 2.75) is 376 Å². The standard InChI is InChI=1S/C24H38.C22H34.C20H18O4.C19H36.C17H32/c1-3-5-19-7-11-21(12-8-19)23-15-17-24(18-16-23)22-13-9-20(6-4-2)10-14-22;1-3-4-18-7-11-20(12-8-18)22-15-13-21(14-16-22)19-9-5-17(2)6-10-19;1-13(2)19(21)23-17-9-5-15(6-10-17)16-7-11-18(12-8-16)24-20(22)14(3)4;1-3-5-7-17-10-14-19(15-11-17)18-12-8-16(6-4-2)9-13-18;1-3-5-15-8-12-17(13-9-15)16-10-6-14(4-2)7-11-16/h7-8,11-12,20,22-24H,3-6,9-10,13-18H2,1-2H3;5-6,9-10,18,20-22H,3-4,7-8,11-16H2,1-2H3;5-12H,1,3H2,2,4H3;16-19H,3-15H2,1-2H3;14-17H,3-13H2,1-2H3. The number of aryl methyl sites for hydroxylation is 2. The first-order chi connectivity index (χ1) is 51.6. The molecular formula is C102H158O4. The number of hydrogen-bond donors (Lipinski definition) is 0. The Hall–Kier alpha value is -4.70. The van der Waals surface area contributed by atoms with Gasteiger partial charge in [0.25, 0.3) is 0 Å². The summed E-state index contributed by atoms with van der Waals surface area (Å²) in [6.45, 7) is 28.8. The second-order valence-electron chi connectivity index (χ2n) is 36.4. The Labute approximate surface area is 652 Å².